The summed E-state index contributed by atoms with van der Waals surface area (Å²) in [6, 6.07) is 4.42. The minimum Gasteiger partial charge on any atom is -0.444 e. The van der Waals surface area contributed by atoms with E-state index in [2.05, 4.69) is 10.6 Å². The van der Waals surface area contributed by atoms with Crippen molar-refractivity contribution in [2.45, 2.75) is 143 Å². The van der Waals surface area contributed by atoms with Crippen LogP contribution in [-0.2, 0) is 14.3 Å². The van der Waals surface area contributed by atoms with Gasteiger partial charge in [-0.1, -0.05) is 64.7 Å². The van der Waals surface area contributed by atoms with Crippen molar-refractivity contribution in [1.82, 2.24) is 15.5 Å². The van der Waals surface area contributed by atoms with Crippen molar-refractivity contribution in [2.24, 2.45) is 5.92 Å². The summed E-state index contributed by atoms with van der Waals surface area (Å²) in [7, 11) is 0. The van der Waals surface area contributed by atoms with Crippen molar-refractivity contribution in [3.63, 3.8) is 0 Å². The van der Waals surface area contributed by atoms with Crippen LogP contribution >= 0.6 is 0 Å². The minimum absolute atomic E-state index is 0.104. The second-order valence-electron chi connectivity index (χ2n) is 13.0. The Labute approximate surface area is 236 Å². The number of ether oxygens (including phenoxy) is 1. The standard InChI is InChI=1S/C32H53N3O4/c1-11-21(3)26(34-30(38)39-31(6,7)8)29(37)35(32(9,10)12-2)27(24-19-18-22(4)23(5)20-24)28(36)33-25-16-14-13-15-17-25/h18-21,25-27H,11-17H2,1-10H3,(H,33,36)(H,34,38). The first-order valence-electron chi connectivity index (χ1n) is 14.8. The zero-order valence-corrected chi connectivity index (χ0v) is 26.1. The van der Waals surface area contributed by atoms with Crippen LogP contribution in [0, 0.1) is 19.8 Å². The summed E-state index contributed by atoms with van der Waals surface area (Å²) >= 11 is 0. The average molecular weight is 544 g/mol. The van der Waals surface area contributed by atoms with Crippen LogP contribution in [-0.4, -0.2) is 46.0 Å². The largest absolute Gasteiger partial charge is 0.444 e. The van der Waals surface area contributed by atoms with Gasteiger partial charge in [-0.25, -0.2) is 4.79 Å². The van der Waals surface area contributed by atoms with Crippen molar-refractivity contribution in [2.75, 3.05) is 0 Å². The maximum atomic E-state index is 14.6. The summed E-state index contributed by atoms with van der Waals surface area (Å²) in [5, 5.41) is 6.16. The third-order valence-corrected chi connectivity index (χ3v) is 8.21. The highest BCUT2D eigenvalue weighted by Crippen LogP contribution is 2.34. The first kappa shape index (κ1) is 32.6. The minimum atomic E-state index is -0.841. The van der Waals surface area contributed by atoms with Gasteiger partial charge in [0.1, 0.15) is 17.7 Å². The number of nitrogens with zero attached hydrogens (tertiary/aromatic N) is 1. The predicted octanol–water partition coefficient (Wildman–Crippen LogP) is 6.75. The molecule has 7 nitrogen and oxygen atoms in total. The Morgan fingerprint density at radius 2 is 1.62 bits per heavy atom. The van der Waals surface area contributed by atoms with E-state index in [0.717, 1.165) is 42.4 Å². The van der Waals surface area contributed by atoms with Gasteiger partial charge in [-0.15, -0.1) is 0 Å². The summed E-state index contributed by atoms with van der Waals surface area (Å²) in [4.78, 5) is 43.4. The predicted molar refractivity (Wildman–Crippen MR) is 158 cm³/mol. The number of alkyl carbamates (subject to hydrolysis) is 1. The molecule has 3 atom stereocenters. The van der Waals surface area contributed by atoms with E-state index in [1.54, 1.807) is 25.7 Å². The van der Waals surface area contributed by atoms with E-state index in [0.29, 0.717) is 12.8 Å². The topological polar surface area (TPSA) is 87.7 Å². The molecule has 2 N–H and O–H groups in total. The van der Waals surface area contributed by atoms with E-state index in [-0.39, 0.29) is 23.8 Å². The zero-order chi connectivity index (χ0) is 29.5. The number of amides is 3. The summed E-state index contributed by atoms with van der Waals surface area (Å²) in [5.74, 6) is -0.605. The molecular weight excluding hydrogens is 490 g/mol. The van der Waals surface area contributed by atoms with Crippen LogP contribution in [0.25, 0.3) is 0 Å². The summed E-state index contributed by atoms with van der Waals surface area (Å²) in [6.45, 7) is 19.4. The highest BCUT2D eigenvalue weighted by molar-refractivity contribution is 5.93. The second-order valence-corrected chi connectivity index (χ2v) is 13.0. The lowest BCUT2D eigenvalue weighted by Crippen LogP contribution is -2.61. The van der Waals surface area contributed by atoms with Crippen molar-refractivity contribution in [1.29, 1.82) is 0 Å². The molecule has 1 fully saturated rings. The van der Waals surface area contributed by atoms with Gasteiger partial charge in [0.2, 0.25) is 11.8 Å². The third kappa shape index (κ3) is 8.97. The monoisotopic (exact) mass is 543 g/mol. The highest BCUT2D eigenvalue weighted by Gasteiger charge is 2.44. The molecule has 0 bridgehead atoms. The number of nitrogens with one attached hydrogen (secondary N) is 2. The van der Waals surface area contributed by atoms with Gasteiger partial charge in [0.05, 0.1) is 0 Å². The number of benzene rings is 1. The lowest BCUT2D eigenvalue weighted by atomic mass is 9.88. The van der Waals surface area contributed by atoms with Gasteiger partial charge < -0.3 is 20.3 Å². The van der Waals surface area contributed by atoms with Crippen molar-refractivity contribution in [3.05, 3.63) is 34.9 Å². The van der Waals surface area contributed by atoms with E-state index >= 15 is 0 Å². The van der Waals surface area contributed by atoms with Crippen LogP contribution in [0.3, 0.4) is 0 Å². The van der Waals surface area contributed by atoms with Gasteiger partial charge in [-0.2, -0.15) is 0 Å². The number of hydrogen-bond donors (Lipinski definition) is 2. The lowest BCUT2D eigenvalue weighted by Gasteiger charge is -2.45. The Hall–Kier alpha value is -2.57. The van der Waals surface area contributed by atoms with Crippen LogP contribution in [0.15, 0.2) is 18.2 Å². The Morgan fingerprint density at radius 1 is 1.00 bits per heavy atom. The molecule has 0 saturated heterocycles. The molecule has 39 heavy (non-hydrogen) atoms. The molecule has 0 radical (unpaired) electrons. The highest BCUT2D eigenvalue weighted by atomic mass is 16.6. The van der Waals surface area contributed by atoms with Gasteiger partial charge >= 0.3 is 6.09 Å². The first-order chi connectivity index (χ1) is 18.1. The second kappa shape index (κ2) is 13.7. The molecule has 3 amide bonds. The molecule has 7 heteroatoms. The van der Waals surface area contributed by atoms with Crippen molar-refractivity contribution >= 4 is 17.9 Å². The Morgan fingerprint density at radius 3 is 2.13 bits per heavy atom. The fourth-order valence-electron chi connectivity index (χ4n) is 5.09. The smallest absolute Gasteiger partial charge is 0.408 e. The molecule has 0 aliphatic heterocycles. The number of carbonyl (C=O) groups is 3. The van der Waals surface area contributed by atoms with E-state index in [1.165, 1.54) is 6.42 Å². The molecule has 1 aliphatic carbocycles. The van der Waals surface area contributed by atoms with Crippen LogP contribution in [0.5, 0.6) is 0 Å². The van der Waals surface area contributed by atoms with Gasteiger partial charge in [0.25, 0.3) is 0 Å². The average Bonchev–Trinajstić information content (AvgIpc) is 2.86. The Bertz CT molecular complexity index is 992. The van der Waals surface area contributed by atoms with Crippen molar-refractivity contribution in [3.8, 4) is 0 Å². The summed E-state index contributed by atoms with van der Waals surface area (Å²) in [5.41, 5.74) is 1.61. The molecule has 220 valence electrons. The normalized spacial score (nSPS) is 17.1. The van der Waals surface area contributed by atoms with Crippen LogP contribution < -0.4 is 10.6 Å². The maximum absolute atomic E-state index is 14.6. The Kier molecular flexibility index (Phi) is 11.4. The van der Waals surface area contributed by atoms with Crippen molar-refractivity contribution < 1.29 is 19.1 Å². The zero-order valence-electron chi connectivity index (χ0n) is 26.1. The lowest BCUT2D eigenvalue weighted by molar-refractivity contribution is -0.150. The molecule has 1 aromatic rings. The molecule has 1 aliphatic rings. The molecule has 1 aromatic carbocycles. The molecule has 0 spiro atoms. The number of rotatable bonds is 10. The number of aryl methyl sites for hydroxylation is 2. The molecule has 3 unspecified atom stereocenters. The SMILES string of the molecule is CCC(C)C(NC(=O)OC(C)(C)C)C(=O)N(C(C(=O)NC1CCCCC1)c1ccc(C)c(C)c1)C(C)(C)CC. The molecule has 1 saturated carbocycles. The van der Waals surface area contributed by atoms with E-state index in [9.17, 15) is 14.4 Å². The van der Waals surface area contributed by atoms with Gasteiger partial charge in [0, 0.05) is 11.6 Å². The fraction of sp³-hybridized carbons (Fsp3) is 0.719. The summed E-state index contributed by atoms with van der Waals surface area (Å²) in [6.07, 6.45) is 5.96. The van der Waals surface area contributed by atoms with E-state index in [1.807, 2.05) is 66.7 Å². The molecular formula is C32H53N3O4. The van der Waals surface area contributed by atoms with Gasteiger partial charge in [-0.3, -0.25) is 9.59 Å². The van der Waals surface area contributed by atoms with Gasteiger partial charge in [-0.05, 0) is 90.3 Å². The van der Waals surface area contributed by atoms with Crippen LogP contribution in [0.4, 0.5) is 4.79 Å². The van der Waals surface area contributed by atoms with Crippen LogP contribution in [0.2, 0.25) is 0 Å². The Balaban J connectivity index is 2.62. The van der Waals surface area contributed by atoms with E-state index < -0.39 is 29.3 Å². The first-order valence-corrected chi connectivity index (χ1v) is 14.8. The summed E-state index contributed by atoms with van der Waals surface area (Å²) < 4.78 is 5.53. The third-order valence-electron chi connectivity index (χ3n) is 8.21. The molecule has 2 rings (SSSR count). The van der Waals surface area contributed by atoms with Crippen LogP contribution in [0.1, 0.15) is 123 Å². The molecule has 0 aromatic heterocycles. The maximum Gasteiger partial charge on any atom is 0.408 e. The molecule has 0 heterocycles. The number of hydrogen-bond acceptors (Lipinski definition) is 4. The van der Waals surface area contributed by atoms with E-state index in [4.69, 9.17) is 4.74 Å². The van der Waals surface area contributed by atoms with Gasteiger partial charge in [0.15, 0.2) is 0 Å². The fourth-order valence-corrected chi connectivity index (χ4v) is 5.09. The number of carbonyl (C=O) groups excluding carboxylic acids is 3. The quantitative estimate of drug-likeness (QED) is 0.342.